The summed E-state index contributed by atoms with van der Waals surface area (Å²) in [6, 6.07) is 14.4. The van der Waals surface area contributed by atoms with Gasteiger partial charge < -0.3 is 0 Å². The van der Waals surface area contributed by atoms with Crippen LogP contribution >= 0.6 is 11.8 Å². The first-order valence-electron chi connectivity index (χ1n) is 5.57. The molecule has 0 radical (unpaired) electrons. The Labute approximate surface area is 110 Å². The fourth-order valence-electron chi connectivity index (χ4n) is 1.66. The molecular weight excluding hydrogens is 245 g/mol. The minimum Gasteiger partial charge on any atom is -0.207 e. The van der Waals surface area contributed by atoms with E-state index in [4.69, 9.17) is 5.26 Å². The van der Waals surface area contributed by atoms with E-state index in [0.717, 1.165) is 10.5 Å². The molecule has 2 aromatic rings. The summed E-state index contributed by atoms with van der Waals surface area (Å²) >= 11 is 1.62. The number of aryl methyl sites for hydroxylation is 1. The predicted octanol–water partition coefficient (Wildman–Crippen LogP) is 4.30. The van der Waals surface area contributed by atoms with E-state index in [-0.39, 0.29) is 5.82 Å². The lowest BCUT2D eigenvalue weighted by molar-refractivity contribution is 0.626. The highest BCUT2D eigenvalue weighted by atomic mass is 32.2. The molecule has 0 saturated heterocycles. The molecule has 2 rings (SSSR count). The lowest BCUT2D eigenvalue weighted by Gasteiger charge is -2.06. The Balaban J connectivity index is 2.18. The molecule has 0 atom stereocenters. The molecule has 0 aromatic heterocycles. The third-order valence-corrected chi connectivity index (χ3v) is 3.89. The van der Waals surface area contributed by atoms with Crippen LogP contribution in [0.15, 0.2) is 47.4 Å². The van der Waals surface area contributed by atoms with E-state index in [0.29, 0.717) is 11.3 Å². The number of nitriles is 1. The van der Waals surface area contributed by atoms with Crippen molar-refractivity contribution in [3.8, 4) is 6.07 Å². The summed E-state index contributed by atoms with van der Waals surface area (Å²) in [7, 11) is 0. The molecule has 18 heavy (non-hydrogen) atoms. The quantitative estimate of drug-likeness (QED) is 0.765. The van der Waals surface area contributed by atoms with Crippen LogP contribution in [0.4, 0.5) is 4.39 Å². The summed E-state index contributed by atoms with van der Waals surface area (Å²) in [4.78, 5) is 1.16. The highest BCUT2D eigenvalue weighted by Gasteiger charge is 2.05. The van der Waals surface area contributed by atoms with Crippen LogP contribution in [0.25, 0.3) is 0 Å². The van der Waals surface area contributed by atoms with Gasteiger partial charge in [0.15, 0.2) is 0 Å². The predicted molar refractivity (Wildman–Crippen MR) is 71.9 cm³/mol. The Kier molecular flexibility index (Phi) is 4.01. The van der Waals surface area contributed by atoms with Gasteiger partial charge in [-0.25, -0.2) is 4.39 Å². The molecule has 2 aromatic carbocycles. The van der Waals surface area contributed by atoms with Gasteiger partial charge in [-0.1, -0.05) is 18.2 Å². The summed E-state index contributed by atoms with van der Waals surface area (Å²) in [5.41, 5.74) is 2.47. The Morgan fingerprint density at radius 1 is 1.22 bits per heavy atom. The van der Waals surface area contributed by atoms with Gasteiger partial charge in [0, 0.05) is 10.6 Å². The van der Waals surface area contributed by atoms with Gasteiger partial charge in [-0.05, 0) is 42.3 Å². The largest absolute Gasteiger partial charge is 0.207 e. The summed E-state index contributed by atoms with van der Waals surface area (Å²) in [6.07, 6.45) is 0. The standard InChI is InChI=1S/C15H12FNS/c1-11-4-2-3-5-15(11)18-10-13-8-14(16)7-6-12(13)9-17/h2-8H,10H2,1H3. The van der Waals surface area contributed by atoms with E-state index >= 15 is 0 Å². The van der Waals surface area contributed by atoms with E-state index < -0.39 is 0 Å². The number of rotatable bonds is 3. The maximum atomic E-state index is 13.2. The number of halogens is 1. The molecule has 0 saturated carbocycles. The second kappa shape index (κ2) is 5.70. The maximum absolute atomic E-state index is 13.2. The van der Waals surface area contributed by atoms with Crippen molar-refractivity contribution in [2.24, 2.45) is 0 Å². The second-order valence-electron chi connectivity index (χ2n) is 3.97. The SMILES string of the molecule is Cc1ccccc1SCc1cc(F)ccc1C#N. The van der Waals surface area contributed by atoms with Crippen molar-refractivity contribution < 1.29 is 4.39 Å². The average Bonchev–Trinajstić information content (AvgIpc) is 2.38. The molecular formula is C15H12FNS. The number of thioether (sulfide) groups is 1. The Morgan fingerprint density at radius 3 is 2.72 bits per heavy atom. The highest BCUT2D eigenvalue weighted by Crippen LogP contribution is 2.27. The number of hydrogen-bond donors (Lipinski definition) is 0. The zero-order chi connectivity index (χ0) is 13.0. The van der Waals surface area contributed by atoms with Crippen molar-refractivity contribution in [1.82, 2.24) is 0 Å². The third-order valence-electron chi connectivity index (χ3n) is 2.66. The van der Waals surface area contributed by atoms with Gasteiger partial charge in [-0.2, -0.15) is 5.26 Å². The van der Waals surface area contributed by atoms with E-state index in [1.807, 2.05) is 31.2 Å². The second-order valence-corrected chi connectivity index (χ2v) is 4.98. The van der Waals surface area contributed by atoms with E-state index in [1.54, 1.807) is 11.8 Å². The fraction of sp³-hybridized carbons (Fsp3) is 0.133. The smallest absolute Gasteiger partial charge is 0.123 e. The molecule has 1 nitrogen and oxygen atoms in total. The van der Waals surface area contributed by atoms with Crippen LogP contribution in [-0.2, 0) is 5.75 Å². The maximum Gasteiger partial charge on any atom is 0.123 e. The molecule has 0 aliphatic carbocycles. The van der Waals surface area contributed by atoms with Crippen LogP contribution in [0, 0.1) is 24.1 Å². The molecule has 3 heteroatoms. The van der Waals surface area contributed by atoms with Gasteiger partial charge in [0.1, 0.15) is 5.82 Å². The average molecular weight is 257 g/mol. The van der Waals surface area contributed by atoms with Gasteiger partial charge in [0.25, 0.3) is 0 Å². The van der Waals surface area contributed by atoms with Gasteiger partial charge >= 0.3 is 0 Å². The number of nitrogens with zero attached hydrogens (tertiary/aromatic N) is 1. The van der Waals surface area contributed by atoms with Gasteiger partial charge in [0.2, 0.25) is 0 Å². The van der Waals surface area contributed by atoms with Crippen LogP contribution in [0.2, 0.25) is 0 Å². The molecule has 0 fully saturated rings. The molecule has 0 spiro atoms. The van der Waals surface area contributed by atoms with Crippen LogP contribution in [0.5, 0.6) is 0 Å². The van der Waals surface area contributed by atoms with Gasteiger partial charge in [-0.3, -0.25) is 0 Å². The van der Waals surface area contributed by atoms with E-state index in [1.165, 1.54) is 23.8 Å². The van der Waals surface area contributed by atoms with Crippen molar-refractivity contribution in [3.63, 3.8) is 0 Å². The van der Waals surface area contributed by atoms with Crippen LogP contribution < -0.4 is 0 Å². The van der Waals surface area contributed by atoms with Crippen molar-refractivity contribution in [2.45, 2.75) is 17.6 Å². The topological polar surface area (TPSA) is 23.8 Å². The summed E-state index contributed by atoms with van der Waals surface area (Å²) in [6.45, 7) is 2.04. The van der Waals surface area contributed by atoms with E-state index in [9.17, 15) is 4.39 Å². The molecule has 0 unspecified atom stereocenters. The zero-order valence-electron chi connectivity index (χ0n) is 9.98. The minimum absolute atomic E-state index is 0.297. The molecule has 0 N–H and O–H groups in total. The summed E-state index contributed by atoms with van der Waals surface area (Å²) in [5, 5.41) is 8.98. The van der Waals surface area contributed by atoms with Crippen LogP contribution in [0.1, 0.15) is 16.7 Å². The normalized spacial score (nSPS) is 10.1. The zero-order valence-corrected chi connectivity index (χ0v) is 10.8. The van der Waals surface area contributed by atoms with Crippen molar-refractivity contribution in [1.29, 1.82) is 5.26 Å². The number of hydrogen-bond acceptors (Lipinski definition) is 2. The van der Waals surface area contributed by atoms with Crippen LogP contribution in [-0.4, -0.2) is 0 Å². The lowest BCUT2D eigenvalue weighted by Crippen LogP contribution is -1.90. The Hall–Kier alpha value is -1.79. The molecule has 0 amide bonds. The van der Waals surface area contributed by atoms with Crippen molar-refractivity contribution >= 4 is 11.8 Å². The van der Waals surface area contributed by atoms with Gasteiger partial charge in [0.05, 0.1) is 11.6 Å². The molecule has 0 aliphatic heterocycles. The Bertz CT molecular complexity index is 602. The summed E-state index contributed by atoms with van der Waals surface area (Å²) in [5.74, 6) is 0.306. The monoisotopic (exact) mass is 257 g/mol. The van der Waals surface area contributed by atoms with Gasteiger partial charge in [-0.15, -0.1) is 11.8 Å². The first kappa shape index (κ1) is 12.7. The minimum atomic E-state index is -0.297. The number of benzene rings is 2. The van der Waals surface area contributed by atoms with E-state index in [2.05, 4.69) is 6.07 Å². The Morgan fingerprint density at radius 2 is 2.00 bits per heavy atom. The first-order valence-corrected chi connectivity index (χ1v) is 6.56. The van der Waals surface area contributed by atoms with Crippen molar-refractivity contribution in [2.75, 3.05) is 0 Å². The van der Waals surface area contributed by atoms with Crippen molar-refractivity contribution in [3.05, 3.63) is 65.0 Å². The molecule has 90 valence electrons. The molecule has 0 bridgehead atoms. The first-order chi connectivity index (χ1) is 8.70. The third kappa shape index (κ3) is 2.91. The lowest BCUT2D eigenvalue weighted by atomic mass is 10.1. The molecule has 0 heterocycles. The van der Waals surface area contributed by atoms with Crippen LogP contribution in [0.3, 0.4) is 0 Å². The summed E-state index contributed by atoms with van der Waals surface area (Å²) < 4.78 is 13.2. The molecule has 0 aliphatic rings. The highest BCUT2D eigenvalue weighted by molar-refractivity contribution is 7.98. The fourth-order valence-corrected chi connectivity index (χ4v) is 2.68.